The Morgan fingerprint density at radius 3 is 2.50 bits per heavy atom. The average Bonchev–Trinajstić information content (AvgIpc) is 2.71. The van der Waals surface area contributed by atoms with Gasteiger partial charge in [-0.25, -0.2) is 17.6 Å². The van der Waals surface area contributed by atoms with E-state index in [1.165, 1.54) is 12.1 Å². The van der Waals surface area contributed by atoms with Gasteiger partial charge in [0, 0.05) is 17.6 Å². The van der Waals surface area contributed by atoms with E-state index in [0.29, 0.717) is 0 Å². The average molecular weight is 367 g/mol. The van der Waals surface area contributed by atoms with Crippen LogP contribution >= 0.6 is 15.9 Å². The van der Waals surface area contributed by atoms with Gasteiger partial charge in [-0.15, -0.1) is 0 Å². The molecule has 110 valence electrons. The summed E-state index contributed by atoms with van der Waals surface area (Å²) in [5, 5.41) is 10.6. The molecule has 1 aromatic rings. The number of nitrogens with zero attached hydrogens (tertiary/aromatic N) is 1. The summed E-state index contributed by atoms with van der Waals surface area (Å²) >= 11 is 3.20. The number of alkyl halides is 1. The van der Waals surface area contributed by atoms with Gasteiger partial charge in [0.2, 0.25) is 10.0 Å². The molecule has 2 rings (SSSR count). The third-order valence-corrected chi connectivity index (χ3v) is 5.35. The lowest BCUT2D eigenvalue weighted by Gasteiger charge is -2.16. The van der Waals surface area contributed by atoms with E-state index in [9.17, 15) is 17.6 Å². The first kappa shape index (κ1) is 15.2. The minimum absolute atomic E-state index is 0.0453. The molecule has 1 heterocycles. The van der Waals surface area contributed by atoms with Gasteiger partial charge in [-0.2, -0.15) is 4.31 Å². The fraction of sp³-hybridized carbons (Fsp3) is 0.364. The van der Waals surface area contributed by atoms with Crippen LogP contribution in [0.25, 0.3) is 0 Å². The number of hydrogen-bond acceptors (Lipinski definition) is 3. The van der Waals surface area contributed by atoms with Crippen LogP contribution in [0.4, 0.5) is 9.18 Å². The predicted molar refractivity (Wildman–Crippen MR) is 72.7 cm³/mol. The van der Waals surface area contributed by atoms with E-state index in [-0.39, 0.29) is 18.0 Å². The van der Waals surface area contributed by atoms with E-state index in [2.05, 4.69) is 15.9 Å². The van der Waals surface area contributed by atoms with Crippen LogP contribution in [0.3, 0.4) is 0 Å². The lowest BCUT2D eigenvalue weighted by atomic mass is 10.2. The maximum Gasteiger partial charge on any atom is 0.405 e. The molecule has 0 aliphatic carbocycles. The quantitative estimate of drug-likeness (QED) is 0.846. The second-order valence-electron chi connectivity index (χ2n) is 4.35. The van der Waals surface area contributed by atoms with Crippen molar-refractivity contribution in [1.29, 1.82) is 0 Å². The highest BCUT2D eigenvalue weighted by Gasteiger charge is 2.40. The fourth-order valence-electron chi connectivity index (χ4n) is 1.98. The predicted octanol–water partition coefficient (Wildman–Crippen LogP) is 1.43. The molecule has 1 aromatic carbocycles. The number of carbonyl (C=O) groups is 1. The molecule has 1 amide bonds. The van der Waals surface area contributed by atoms with Crippen molar-refractivity contribution >= 4 is 32.0 Å². The summed E-state index contributed by atoms with van der Waals surface area (Å²) in [6.07, 6.45) is -2.93. The van der Waals surface area contributed by atoms with E-state index in [1.807, 2.05) is 5.32 Å². The summed E-state index contributed by atoms with van der Waals surface area (Å²) in [5.41, 5.74) is 0. The second-order valence-corrected chi connectivity index (χ2v) is 7.20. The Kier molecular flexibility index (Phi) is 4.31. The highest BCUT2D eigenvalue weighted by atomic mass is 79.9. The van der Waals surface area contributed by atoms with Crippen molar-refractivity contribution in [2.24, 2.45) is 0 Å². The number of rotatable bonds is 3. The van der Waals surface area contributed by atoms with E-state index in [0.717, 1.165) is 8.78 Å². The summed E-state index contributed by atoms with van der Waals surface area (Å²) in [6.45, 7) is -0.574. The lowest BCUT2D eigenvalue weighted by molar-refractivity contribution is 0.183. The molecular formula is C11H12BrFN2O4S. The van der Waals surface area contributed by atoms with Crippen molar-refractivity contribution in [3.8, 4) is 0 Å². The van der Waals surface area contributed by atoms with E-state index in [4.69, 9.17) is 5.11 Å². The van der Waals surface area contributed by atoms with Crippen LogP contribution < -0.4 is 5.32 Å². The van der Waals surface area contributed by atoms with Gasteiger partial charge >= 0.3 is 6.09 Å². The number of carboxylic acid groups (broad SMARTS) is 1. The minimum atomic E-state index is -3.82. The Morgan fingerprint density at radius 1 is 1.35 bits per heavy atom. The van der Waals surface area contributed by atoms with Crippen molar-refractivity contribution in [3.05, 3.63) is 28.7 Å². The topological polar surface area (TPSA) is 86.7 Å². The third kappa shape index (κ3) is 3.10. The van der Waals surface area contributed by atoms with Gasteiger partial charge in [0.05, 0.1) is 10.9 Å². The number of hydrogen-bond donors (Lipinski definition) is 2. The molecule has 2 atom stereocenters. The zero-order valence-electron chi connectivity index (χ0n) is 10.2. The van der Waals surface area contributed by atoms with Gasteiger partial charge in [0.1, 0.15) is 6.17 Å². The summed E-state index contributed by atoms with van der Waals surface area (Å²) in [6, 6.07) is 4.92. The molecule has 0 bridgehead atoms. The van der Waals surface area contributed by atoms with Crippen molar-refractivity contribution in [2.45, 2.75) is 17.1 Å². The van der Waals surface area contributed by atoms with Crippen LogP contribution in [0, 0.1) is 0 Å². The zero-order valence-corrected chi connectivity index (χ0v) is 12.6. The minimum Gasteiger partial charge on any atom is -0.465 e. The summed E-state index contributed by atoms with van der Waals surface area (Å²) in [7, 11) is -3.82. The smallest absolute Gasteiger partial charge is 0.405 e. The fourth-order valence-corrected chi connectivity index (χ4v) is 3.71. The largest absolute Gasteiger partial charge is 0.465 e. The van der Waals surface area contributed by atoms with E-state index < -0.39 is 28.3 Å². The molecule has 1 fully saturated rings. The van der Waals surface area contributed by atoms with Gasteiger partial charge in [0.25, 0.3) is 0 Å². The van der Waals surface area contributed by atoms with Crippen molar-refractivity contribution in [1.82, 2.24) is 9.62 Å². The lowest BCUT2D eigenvalue weighted by Crippen LogP contribution is -2.40. The number of nitrogens with one attached hydrogen (secondary N) is 1. The monoisotopic (exact) mass is 366 g/mol. The number of halogens is 2. The van der Waals surface area contributed by atoms with E-state index in [1.54, 1.807) is 12.1 Å². The van der Waals surface area contributed by atoms with Gasteiger partial charge in [-0.05, 0) is 24.3 Å². The zero-order chi connectivity index (χ0) is 14.9. The number of benzene rings is 1. The standard InChI is InChI=1S/C11H12BrFN2O4S/c12-7-1-3-8(4-2-7)20(18,19)15-5-9(13)10(6-15)14-11(16)17/h1-4,9-10,14H,5-6H2,(H,16,17)/t9-,10-/m0/s1. The number of amides is 1. The van der Waals surface area contributed by atoms with Crippen LogP contribution in [0.1, 0.15) is 0 Å². The normalized spacial score (nSPS) is 23.7. The first-order valence-corrected chi connectivity index (χ1v) is 7.93. The Balaban J connectivity index is 2.19. The highest BCUT2D eigenvalue weighted by molar-refractivity contribution is 9.10. The summed E-state index contributed by atoms with van der Waals surface area (Å²) in [5.74, 6) is 0. The molecular weight excluding hydrogens is 355 g/mol. The molecule has 9 heteroatoms. The Labute approximate surface area is 123 Å². The third-order valence-electron chi connectivity index (χ3n) is 2.98. The van der Waals surface area contributed by atoms with E-state index >= 15 is 0 Å². The van der Waals surface area contributed by atoms with Crippen LogP contribution in [0.15, 0.2) is 33.6 Å². The second kappa shape index (κ2) is 5.66. The van der Waals surface area contributed by atoms with Crippen LogP contribution in [0.5, 0.6) is 0 Å². The van der Waals surface area contributed by atoms with Crippen LogP contribution in [-0.2, 0) is 10.0 Å². The number of sulfonamides is 1. The van der Waals surface area contributed by atoms with Crippen LogP contribution in [-0.4, -0.2) is 49.2 Å². The SMILES string of the molecule is O=C(O)N[C@H]1CN(S(=O)(=O)c2ccc(Br)cc2)C[C@@H]1F. The van der Waals surface area contributed by atoms with Gasteiger partial charge in [-0.1, -0.05) is 15.9 Å². The maximum atomic E-state index is 13.7. The van der Waals surface area contributed by atoms with Crippen molar-refractivity contribution in [3.63, 3.8) is 0 Å². The molecule has 0 unspecified atom stereocenters. The molecule has 0 radical (unpaired) electrons. The molecule has 1 aliphatic rings. The molecule has 0 aromatic heterocycles. The molecule has 0 saturated carbocycles. The molecule has 20 heavy (non-hydrogen) atoms. The van der Waals surface area contributed by atoms with Crippen molar-refractivity contribution < 1.29 is 22.7 Å². The summed E-state index contributed by atoms with van der Waals surface area (Å²) < 4.78 is 39.9. The molecule has 2 N–H and O–H groups in total. The molecule has 6 nitrogen and oxygen atoms in total. The first-order valence-electron chi connectivity index (χ1n) is 5.70. The highest BCUT2D eigenvalue weighted by Crippen LogP contribution is 2.24. The molecule has 0 spiro atoms. The van der Waals surface area contributed by atoms with Gasteiger partial charge in [-0.3, -0.25) is 0 Å². The van der Waals surface area contributed by atoms with Gasteiger partial charge < -0.3 is 10.4 Å². The van der Waals surface area contributed by atoms with Crippen LogP contribution in [0.2, 0.25) is 0 Å². The maximum absolute atomic E-state index is 13.7. The Hall–Kier alpha value is -1.19. The van der Waals surface area contributed by atoms with Gasteiger partial charge in [0.15, 0.2) is 0 Å². The van der Waals surface area contributed by atoms with Crippen molar-refractivity contribution in [2.75, 3.05) is 13.1 Å². The molecule has 1 aliphatic heterocycles. The first-order chi connectivity index (χ1) is 9.30. The summed E-state index contributed by atoms with van der Waals surface area (Å²) in [4.78, 5) is 10.6. The Bertz CT molecular complexity index is 607. The molecule has 1 saturated heterocycles. The Morgan fingerprint density at radius 2 is 1.95 bits per heavy atom.